The number of aryl methyl sites for hydroxylation is 2. The third-order valence-corrected chi connectivity index (χ3v) is 5.40. The Hall–Kier alpha value is -0.910. The fourth-order valence-electron chi connectivity index (χ4n) is 2.08. The molecule has 1 saturated heterocycles. The van der Waals surface area contributed by atoms with Crippen LogP contribution in [-0.4, -0.2) is 38.5 Å². The molecule has 1 heterocycles. The van der Waals surface area contributed by atoms with Gasteiger partial charge in [-0.3, -0.25) is 0 Å². The average Bonchev–Trinajstić information content (AvgIpc) is 2.33. The molecule has 1 unspecified atom stereocenters. The molecule has 0 radical (unpaired) electrons. The zero-order valence-corrected chi connectivity index (χ0v) is 11.8. The van der Waals surface area contributed by atoms with Crippen molar-refractivity contribution in [3.8, 4) is 0 Å². The Labute approximate surface area is 109 Å². The Morgan fingerprint density at radius 3 is 2.61 bits per heavy atom. The molecule has 0 aliphatic carbocycles. The number of nitrogens with zero attached hydrogens (tertiary/aromatic N) is 1. The van der Waals surface area contributed by atoms with Gasteiger partial charge in [0.1, 0.15) is 0 Å². The third kappa shape index (κ3) is 2.43. The van der Waals surface area contributed by atoms with Gasteiger partial charge in [0, 0.05) is 12.6 Å². The SMILES string of the molecule is Cc1ccc(S(=O)(=O)N2CCOCC2C)cc1C. The van der Waals surface area contributed by atoms with Crippen molar-refractivity contribution in [1.29, 1.82) is 0 Å². The first-order valence-electron chi connectivity index (χ1n) is 6.10. The predicted molar refractivity (Wildman–Crippen MR) is 70.1 cm³/mol. The number of ether oxygens (including phenoxy) is 1. The van der Waals surface area contributed by atoms with Crippen molar-refractivity contribution in [1.82, 2.24) is 4.31 Å². The summed E-state index contributed by atoms with van der Waals surface area (Å²) in [7, 11) is -3.40. The molecule has 0 bridgehead atoms. The number of benzene rings is 1. The Balaban J connectivity index is 2.37. The lowest BCUT2D eigenvalue weighted by Gasteiger charge is -2.32. The van der Waals surface area contributed by atoms with Crippen molar-refractivity contribution in [3.05, 3.63) is 29.3 Å². The number of hydrogen-bond acceptors (Lipinski definition) is 3. The van der Waals surface area contributed by atoms with Crippen molar-refractivity contribution < 1.29 is 13.2 Å². The lowest BCUT2D eigenvalue weighted by molar-refractivity contribution is 0.0393. The standard InChI is InChI=1S/C13H19NO3S/c1-10-4-5-13(8-11(10)2)18(15,16)14-6-7-17-9-12(14)3/h4-5,8,12H,6-7,9H2,1-3H3. The molecule has 18 heavy (non-hydrogen) atoms. The van der Waals surface area contributed by atoms with Crippen molar-refractivity contribution in [2.75, 3.05) is 19.8 Å². The summed E-state index contributed by atoms with van der Waals surface area (Å²) in [5.74, 6) is 0. The maximum absolute atomic E-state index is 12.5. The number of sulfonamides is 1. The molecule has 100 valence electrons. The molecule has 2 rings (SSSR count). The molecule has 0 aromatic heterocycles. The molecule has 1 aromatic rings. The lowest BCUT2D eigenvalue weighted by atomic mass is 10.1. The first-order valence-corrected chi connectivity index (χ1v) is 7.54. The van der Waals surface area contributed by atoms with Crippen molar-refractivity contribution >= 4 is 10.0 Å². The van der Waals surface area contributed by atoms with Crippen LogP contribution in [0.1, 0.15) is 18.1 Å². The normalized spacial score (nSPS) is 22.1. The topological polar surface area (TPSA) is 46.6 Å². The van der Waals surface area contributed by atoms with Gasteiger partial charge in [-0.2, -0.15) is 4.31 Å². The van der Waals surface area contributed by atoms with Crippen LogP contribution >= 0.6 is 0 Å². The second-order valence-corrected chi connectivity index (χ2v) is 6.68. The summed E-state index contributed by atoms with van der Waals surface area (Å²) in [6, 6.07) is 5.17. The van der Waals surface area contributed by atoms with Crippen molar-refractivity contribution in [2.24, 2.45) is 0 Å². The van der Waals surface area contributed by atoms with Crippen LogP contribution in [0.25, 0.3) is 0 Å². The smallest absolute Gasteiger partial charge is 0.243 e. The zero-order valence-electron chi connectivity index (χ0n) is 11.0. The fraction of sp³-hybridized carbons (Fsp3) is 0.538. The van der Waals surface area contributed by atoms with E-state index in [1.54, 1.807) is 12.1 Å². The highest BCUT2D eigenvalue weighted by Gasteiger charge is 2.31. The monoisotopic (exact) mass is 269 g/mol. The molecule has 1 aliphatic rings. The van der Waals surface area contributed by atoms with E-state index >= 15 is 0 Å². The summed E-state index contributed by atoms with van der Waals surface area (Å²) in [4.78, 5) is 0.374. The van der Waals surface area contributed by atoms with Gasteiger partial charge < -0.3 is 4.74 Å². The Morgan fingerprint density at radius 2 is 2.00 bits per heavy atom. The van der Waals surface area contributed by atoms with E-state index in [1.165, 1.54) is 4.31 Å². The van der Waals surface area contributed by atoms with Crippen LogP contribution in [-0.2, 0) is 14.8 Å². The van der Waals surface area contributed by atoms with Crippen LogP contribution in [0, 0.1) is 13.8 Å². The van der Waals surface area contributed by atoms with Crippen LogP contribution < -0.4 is 0 Å². The van der Waals surface area contributed by atoms with E-state index in [1.807, 2.05) is 26.8 Å². The van der Waals surface area contributed by atoms with E-state index in [2.05, 4.69) is 0 Å². The van der Waals surface area contributed by atoms with E-state index in [4.69, 9.17) is 4.74 Å². The van der Waals surface area contributed by atoms with Gasteiger partial charge in [-0.15, -0.1) is 0 Å². The number of morpholine rings is 1. The van der Waals surface area contributed by atoms with Gasteiger partial charge in [0.15, 0.2) is 0 Å². The molecule has 1 atom stereocenters. The molecule has 1 aliphatic heterocycles. The Kier molecular flexibility index (Phi) is 3.75. The van der Waals surface area contributed by atoms with Crippen LogP contribution in [0.3, 0.4) is 0 Å². The predicted octanol–water partition coefficient (Wildman–Crippen LogP) is 1.71. The molecule has 0 spiro atoms. The highest BCUT2D eigenvalue weighted by atomic mass is 32.2. The summed E-state index contributed by atoms with van der Waals surface area (Å²) in [5.41, 5.74) is 2.10. The van der Waals surface area contributed by atoms with Crippen LogP contribution in [0.15, 0.2) is 23.1 Å². The number of hydrogen-bond donors (Lipinski definition) is 0. The molecule has 4 nitrogen and oxygen atoms in total. The Morgan fingerprint density at radius 1 is 1.28 bits per heavy atom. The van der Waals surface area contributed by atoms with E-state index in [9.17, 15) is 8.42 Å². The summed E-state index contributed by atoms with van der Waals surface area (Å²) in [6.45, 7) is 7.13. The van der Waals surface area contributed by atoms with Gasteiger partial charge in [-0.25, -0.2) is 8.42 Å². The second-order valence-electron chi connectivity index (χ2n) is 4.79. The van der Waals surface area contributed by atoms with Gasteiger partial charge in [0.25, 0.3) is 0 Å². The van der Waals surface area contributed by atoms with Crippen LogP contribution in [0.5, 0.6) is 0 Å². The van der Waals surface area contributed by atoms with Gasteiger partial charge >= 0.3 is 0 Å². The molecular formula is C13H19NO3S. The fourth-order valence-corrected chi connectivity index (χ4v) is 3.76. The molecular weight excluding hydrogens is 250 g/mol. The molecule has 0 saturated carbocycles. The zero-order chi connectivity index (χ0) is 13.3. The average molecular weight is 269 g/mol. The minimum atomic E-state index is -3.40. The largest absolute Gasteiger partial charge is 0.378 e. The highest BCUT2D eigenvalue weighted by Crippen LogP contribution is 2.22. The van der Waals surface area contributed by atoms with Gasteiger partial charge in [-0.05, 0) is 44.0 Å². The molecule has 0 amide bonds. The first-order chi connectivity index (χ1) is 8.43. The van der Waals surface area contributed by atoms with E-state index in [0.29, 0.717) is 24.7 Å². The minimum Gasteiger partial charge on any atom is -0.378 e. The summed E-state index contributed by atoms with van der Waals surface area (Å²) in [5, 5.41) is 0. The maximum Gasteiger partial charge on any atom is 0.243 e. The third-order valence-electron chi connectivity index (χ3n) is 3.39. The highest BCUT2D eigenvalue weighted by molar-refractivity contribution is 7.89. The molecule has 1 fully saturated rings. The summed E-state index contributed by atoms with van der Waals surface area (Å²) >= 11 is 0. The second kappa shape index (κ2) is 4.99. The summed E-state index contributed by atoms with van der Waals surface area (Å²) in [6.07, 6.45) is 0. The van der Waals surface area contributed by atoms with Gasteiger partial charge in [0.05, 0.1) is 18.1 Å². The van der Waals surface area contributed by atoms with Gasteiger partial charge in [-0.1, -0.05) is 6.07 Å². The maximum atomic E-state index is 12.5. The molecule has 5 heteroatoms. The van der Waals surface area contributed by atoms with Gasteiger partial charge in [0.2, 0.25) is 10.0 Å². The lowest BCUT2D eigenvalue weighted by Crippen LogP contribution is -2.46. The Bertz CT molecular complexity index is 539. The molecule has 1 aromatic carbocycles. The van der Waals surface area contributed by atoms with E-state index in [0.717, 1.165) is 11.1 Å². The summed E-state index contributed by atoms with van der Waals surface area (Å²) < 4.78 is 31.9. The quantitative estimate of drug-likeness (QED) is 0.821. The van der Waals surface area contributed by atoms with E-state index < -0.39 is 10.0 Å². The first kappa shape index (κ1) is 13.5. The molecule has 0 N–H and O–H groups in total. The van der Waals surface area contributed by atoms with Crippen LogP contribution in [0.2, 0.25) is 0 Å². The van der Waals surface area contributed by atoms with E-state index in [-0.39, 0.29) is 6.04 Å². The van der Waals surface area contributed by atoms with Crippen LogP contribution in [0.4, 0.5) is 0 Å². The number of rotatable bonds is 2. The van der Waals surface area contributed by atoms with Crippen molar-refractivity contribution in [2.45, 2.75) is 31.7 Å². The minimum absolute atomic E-state index is 0.106. The van der Waals surface area contributed by atoms with Crippen molar-refractivity contribution in [3.63, 3.8) is 0 Å².